The molecule has 0 spiro atoms. The molecular formula is C22H21N3O3. The number of carbonyl (C=O) groups excluding carboxylic acids is 1. The van der Waals surface area contributed by atoms with Crippen LogP contribution in [0.25, 0.3) is 16.7 Å². The van der Waals surface area contributed by atoms with Gasteiger partial charge in [0.15, 0.2) is 0 Å². The van der Waals surface area contributed by atoms with Crippen LogP contribution in [-0.2, 0) is 9.59 Å². The quantitative estimate of drug-likeness (QED) is 0.795. The van der Waals surface area contributed by atoms with E-state index in [-0.39, 0.29) is 17.2 Å². The molecule has 142 valence electrons. The lowest BCUT2D eigenvalue weighted by atomic mass is 9.88. The highest BCUT2D eigenvalue weighted by molar-refractivity contribution is 6.16. The minimum atomic E-state index is -1.11. The molecular weight excluding hydrogens is 354 g/mol. The van der Waals surface area contributed by atoms with E-state index in [9.17, 15) is 14.7 Å². The van der Waals surface area contributed by atoms with Gasteiger partial charge < -0.3 is 15.3 Å². The predicted molar refractivity (Wildman–Crippen MR) is 109 cm³/mol. The van der Waals surface area contributed by atoms with Gasteiger partial charge in [0.25, 0.3) is 0 Å². The monoisotopic (exact) mass is 375 g/mol. The zero-order chi connectivity index (χ0) is 20.0. The maximum Gasteiger partial charge on any atom is 0.338 e. The molecule has 1 aliphatic carbocycles. The van der Waals surface area contributed by atoms with Gasteiger partial charge in [-0.1, -0.05) is 12.1 Å². The predicted octanol–water partition coefficient (Wildman–Crippen LogP) is 3.57. The second kappa shape index (κ2) is 6.66. The number of aromatic nitrogens is 1. The molecule has 6 heteroatoms. The molecule has 0 amide bonds. The number of anilines is 2. The SMILES string of the molecule is CNc1ncc(-c2ccc3c(c2C)N(C2CC2)C=C(C(=O)O)C3=C=O)cc1C. The van der Waals surface area contributed by atoms with E-state index in [1.807, 2.05) is 50.1 Å². The van der Waals surface area contributed by atoms with Crippen molar-refractivity contribution in [3.63, 3.8) is 0 Å². The van der Waals surface area contributed by atoms with Crippen LogP contribution in [-0.4, -0.2) is 35.1 Å². The summed E-state index contributed by atoms with van der Waals surface area (Å²) in [4.78, 5) is 29.8. The lowest BCUT2D eigenvalue weighted by Crippen LogP contribution is -2.27. The van der Waals surface area contributed by atoms with Crippen molar-refractivity contribution in [2.24, 2.45) is 0 Å². The lowest BCUT2D eigenvalue weighted by molar-refractivity contribution is -0.132. The van der Waals surface area contributed by atoms with Gasteiger partial charge in [-0.15, -0.1) is 0 Å². The number of carbonyl (C=O) groups is 1. The van der Waals surface area contributed by atoms with Crippen LogP contribution in [0.5, 0.6) is 0 Å². The minimum absolute atomic E-state index is 0.00238. The Labute approximate surface area is 163 Å². The van der Waals surface area contributed by atoms with E-state index in [1.165, 1.54) is 0 Å². The van der Waals surface area contributed by atoms with Crippen LogP contribution in [0.15, 0.2) is 36.2 Å². The molecule has 0 saturated heterocycles. The Kier molecular flexibility index (Phi) is 4.28. The summed E-state index contributed by atoms with van der Waals surface area (Å²) in [6.07, 6.45) is 5.42. The van der Waals surface area contributed by atoms with E-state index in [0.717, 1.165) is 46.6 Å². The average molecular weight is 375 g/mol. The summed E-state index contributed by atoms with van der Waals surface area (Å²) in [7, 11) is 1.84. The normalized spacial score (nSPS) is 15.6. The molecule has 0 radical (unpaired) electrons. The molecule has 2 N–H and O–H groups in total. The van der Waals surface area contributed by atoms with Crippen molar-refractivity contribution in [1.29, 1.82) is 0 Å². The Hall–Kier alpha value is -3.37. The second-order valence-corrected chi connectivity index (χ2v) is 7.24. The molecule has 1 saturated carbocycles. The van der Waals surface area contributed by atoms with Crippen molar-refractivity contribution < 1.29 is 14.7 Å². The molecule has 1 aliphatic heterocycles. The van der Waals surface area contributed by atoms with E-state index in [0.29, 0.717) is 5.56 Å². The highest BCUT2D eigenvalue weighted by atomic mass is 16.4. The maximum absolute atomic E-state index is 11.7. The van der Waals surface area contributed by atoms with Crippen molar-refractivity contribution in [1.82, 2.24) is 4.98 Å². The fourth-order valence-corrected chi connectivity index (χ4v) is 3.86. The first-order chi connectivity index (χ1) is 13.5. The summed E-state index contributed by atoms with van der Waals surface area (Å²) in [6, 6.07) is 6.09. The summed E-state index contributed by atoms with van der Waals surface area (Å²) in [5.74, 6) is 1.57. The molecule has 2 heterocycles. The van der Waals surface area contributed by atoms with Gasteiger partial charge in [0.05, 0.1) is 16.8 Å². The number of aryl methyl sites for hydroxylation is 1. The van der Waals surface area contributed by atoms with Crippen molar-refractivity contribution >= 4 is 29.0 Å². The van der Waals surface area contributed by atoms with Crippen LogP contribution >= 0.6 is 0 Å². The average Bonchev–Trinajstić information content (AvgIpc) is 3.52. The molecule has 1 fully saturated rings. The third-order valence-electron chi connectivity index (χ3n) is 5.39. The van der Waals surface area contributed by atoms with Crippen LogP contribution in [0.1, 0.15) is 29.5 Å². The molecule has 0 unspecified atom stereocenters. The Morgan fingerprint density at radius 2 is 2.00 bits per heavy atom. The molecule has 0 bridgehead atoms. The van der Waals surface area contributed by atoms with Gasteiger partial charge in [-0.25, -0.2) is 14.6 Å². The second-order valence-electron chi connectivity index (χ2n) is 7.24. The summed E-state index contributed by atoms with van der Waals surface area (Å²) in [5, 5.41) is 12.6. The van der Waals surface area contributed by atoms with Gasteiger partial charge in [-0.05, 0) is 49.4 Å². The van der Waals surface area contributed by atoms with E-state index in [2.05, 4.69) is 16.4 Å². The number of rotatable bonds is 4. The van der Waals surface area contributed by atoms with Crippen molar-refractivity contribution in [2.75, 3.05) is 17.3 Å². The molecule has 1 aromatic heterocycles. The van der Waals surface area contributed by atoms with Crippen molar-refractivity contribution in [3.05, 3.63) is 52.9 Å². The van der Waals surface area contributed by atoms with E-state index in [1.54, 1.807) is 6.20 Å². The summed E-state index contributed by atoms with van der Waals surface area (Å²) < 4.78 is 0. The highest BCUT2D eigenvalue weighted by Gasteiger charge is 2.36. The number of carboxylic acids is 1. The zero-order valence-corrected chi connectivity index (χ0v) is 16.0. The van der Waals surface area contributed by atoms with Gasteiger partial charge in [0.1, 0.15) is 11.8 Å². The van der Waals surface area contributed by atoms with Crippen LogP contribution in [0.3, 0.4) is 0 Å². The number of hydrogen-bond acceptors (Lipinski definition) is 5. The van der Waals surface area contributed by atoms with Gasteiger partial charge in [-0.3, -0.25) is 0 Å². The van der Waals surface area contributed by atoms with Crippen molar-refractivity contribution in [2.45, 2.75) is 32.7 Å². The fraction of sp³-hybridized carbons (Fsp3) is 0.273. The number of pyridine rings is 1. The number of benzene rings is 1. The van der Waals surface area contributed by atoms with Crippen LogP contribution in [0, 0.1) is 13.8 Å². The molecule has 0 atom stereocenters. The Morgan fingerprint density at radius 3 is 2.57 bits per heavy atom. The first-order valence-electron chi connectivity index (χ1n) is 9.24. The zero-order valence-electron chi connectivity index (χ0n) is 16.0. The first-order valence-corrected chi connectivity index (χ1v) is 9.24. The number of hydrogen-bond donors (Lipinski definition) is 2. The van der Waals surface area contributed by atoms with E-state index in [4.69, 9.17) is 0 Å². The molecule has 1 aromatic carbocycles. The Balaban J connectivity index is 1.92. The summed E-state index contributed by atoms with van der Waals surface area (Å²) in [5.41, 5.74) is 5.65. The van der Waals surface area contributed by atoms with Gasteiger partial charge in [0.2, 0.25) is 0 Å². The van der Waals surface area contributed by atoms with E-state index < -0.39 is 5.97 Å². The smallest absolute Gasteiger partial charge is 0.338 e. The Morgan fingerprint density at radius 1 is 1.29 bits per heavy atom. The fourth-order valence-electron chi connectivity index (χ4n) is 3.86. The summed E-state index contributed by atoms with van der Waals surface area (Å²) in [6.45, 7) is 4.01. The summed E-state index contributed by atoms with van der Waals surface area (Å²) >= 11 is 0. The van der Waals surface area contributed by atoms with Gasteiger partial charge >= 0.3 is 5.97 Å². The number of aliphatic carboxylic acids is 1. The molecule has 2 aromatic rings. The molecule has 6 nitrogen and oxygen atoms in total. The van der Waals surface area contributed by atoms with Crippen molar-refractivity contribution in [3.8, 4) is 11.1 Å². The maximum atomic E-state index is 11.7. The standard InChI is InChI=1S/C22H21N3O3/c1-12-8-14(9-24-21(12)23-3)16-6-7-17-19(11-26)18(22(27)28)10-25(15-4-5-15)20(17)13(16)2/h6-10,15H,4-5H2,1-3H3,(H,23,24)(H,27,28). The lowest BCUT2D eigenvalue weighted by Gasteiger charge is -2.31. The largest absolute Gasteiger partial charge is 0.478 e. The van der Waals surface area contributed by atoms with Gasteiger partial charge in [-0.2, -0.15) is 0 Å². The van der Waals surface area contributed by atoms with Crippen LogP contribution in [0.2, 0.25) is 0 Å². The molecule has 4 rings (SSSR count). The number of nitrogens with zero attached hydrogens (tertiary/aromatic N) is 2. The third kappa shape index (κ3) is 2.79. The number of carboxylic acid groups (broad SMARTS) is 1. The molecule has 2 aliphatic rings. The molecule has 28 heavy (non-hydrogen) atoms. The van der Waals surface area contributed by atoms with Crippen LogP contribution in [0.4, 0.5) is 11.5 Å². The minimum Gasteiger partial charge on any atom is -0.478 e. The first kappa shape index (κ1) is 18.0. The third-order valence-corrected chi connectivity index (χ3v) is 5.39. The number of nitrogens with one attached hydrogen (secondary N) is 1. The number of fused-ring (bicyclic) bond motifs is 1. The Bertz CT molecular complexity index is 1080. The topological polar surface area (TPSA) is 82.5 Å². The van der Waals surface area contributed by atoms with Gasteiger partial charge in [0, 0.05) is 36.6 Å². The van der Waals surface area contributed by atoms with Crippen LogP contribution < -0.4 is 10.2 Å². The highest BCUT2D eigenvalue weighted by Crippen LogP contribution is 2.46. The van der Waals surface area contributed by atoms with E-state index >= 15 is 0 Å².